The van der Waals surface area contributed by atoms with Gasteiger partial charge in [0.15, 0.2) is 6.10 Å². The van der Waals surface area contributed by atoms with Crippen molar-refractivity contribution in [2.75, 3.05) is 6.61 Å². The van der Waals surface area contributed by atoms with Crippen LogP contribution in [0.4, 0.5) is 0 Å². The molecule has 346 valence electrons. The van der Waals surface area contributed by atoms with E-state index in [4.69, 9.17) is 18.3 Å². The lowest BCUT2D eigenvalue weighted by molar-refractivity contribution is -0.168. The quantitative estimate of drug-likeness (QED) is 0.0838. The van der Waals surface area contributed by atoms with Crippen molar-refractivity contribution in [3.8, 4) is 0 Å². The molecule has 1 saturated carbocycles. The number of ether oxygens (including phenoxy) is 2. The Balaban J connectivity index is 0.990. The monoisotopic (exact) mass is 912 g/mol. The molecule has 1 spiro atoms. The van der Waals surface area contributed by atoms with Crippen LogP contribution >= 0.6 is 0 Å². The van der Waals surface area contributed by atoms with E-state index in [9.17, 15) is 15.0 Å². The van der Waals surface area contributed by atoms with Crippen LogP contribution in [0.1, 0.15) is 101 Å². The van der Waals surface area contributed by atoms with Crippen LogP contribution in [0.3, 0.4) is 0 Å². The predicted molar refractivity (Wildman–Crippen MR) is 264 cm³/mol. The Bertz CT molecular complexity index is 2260. The maximum Gasteiger partial charge on any atom is 0.303 e. The van der Waals surface area contributed by atoms with E-state index in [1.807, 2.05) is 0 Å². The minimum absolute atomic E-state index is 0.0791. The molecule has 9 heteroatoms. The van der Waals surface area contributed by atoms with Gasteiger partial charge in [0, 0.05) is 31.3 Å². The Labute approximate surface area is 390 Å². The van der Waals surface area contributed by atoms with E-state index in [1.54, 1.807) is 0 Å². The molecule has 3 fully saturated rings. The van der Waals surface area contributed by atoms with Gasteiger partial charge in [0.25, 0.3) is 16.6 Å². The highest BCUT2D eigenvalue weighted by atomic mass is 28.4. The van der Waals surface area contributed by atoms with Gasteiger partial charge < -0.3 is 28.5 Å². The summed E-state index contributed by atoms with van der Waals surface area (Å²) < 4.78 is 29.0. The molecule has 0 radical (unpaired) electrons. The van der Waals surface area contributed by atoms with Crippen LogP contribution in [0, 0.1) is 29.1 Å². The highest BCUT2D eigenvalue weighted by Crippen LogP contribution is 2.65. The van der Waals surface area contributed by atoms with E-state index in [1.165, 1.54) is 27.7 Å². The van der Waals surface area contributed by atoms with Crippen LogP contribution < -0.4 is 20.7 Å². The van der Waals surface area contributed by atoms with Crippen molar-refractivity contribution in [2.45, 2.75) is 147 Å². The van der Waals surface area contributed by atoms with Gasteiger partial charge in [0.1, 0.15) is 11.7 Å². The maximum absolute atomic E-state index is 13.3. The van der Waals surface area contributed by atoms with Crippen molar-refractivity contribution in [1.29, 1.82) is 0 Å². The lowest BCUT2D eigenvalue weighted by atomic mass is 9.59. The normalized spacial score (nSPS) is 30.9. The zero-order valence-corrected chi connectivity index (χ0v) is 42.1. The molecule has 4 aromatic rings. The topological polar surface area (TPSA) is 94.5 Å². The molecule has 2 saturated heterocycles. The summed E-state index contributed by atoms with van der Waals surface area (Å²) in [6.45, 7) is 20.4. The second kappa shape index (κ2) is 17.1. The van der Waals surface area contributed by atoms with Crippen molar-refractivity contribution < 1.29 is 33.3 Å². The first kappa shape index (κ1) is 46.4. The van der Waals surface area contributed by atoms with Crippen LogP contribution in [0.15, 0.2) is 132 Å². The number of esters is 1. The van der Waals surface area contributed by atoms with Crippen molar-refractivity contribution in [3.05, 3.63) is 132 Å². The van der Waals surface area contributed by atoms with Crippen LogP contribution in [0.5, 0.6) is 0 Å². The Kier molecular flexibility index (Phi) is 12.2. The highest BCUT2D eigenvalue weighted by Gasteiger charge is 2.75. The first-order valence-electron chi connectivity index (χ1n) is 24.3. The summed E-state index contributed by atoms with van der Waals surface area (Å²) in [6, 6.07) is 43.1. The Morgan fingerprint density at radius 1 is 0.723 bits per heavy atom. The average Bonchev–Trinajstić information content (AvgIpc) is 3.84. The third kappa shape index (κ3) is 7.79. The van der Waals surface area contributed by atoms with E-state index in [2.05, 4.69) is 177 Å². The highest BCUT2D eigenvalue weighted by molar-refractivity contribution is 7.00. The molecular formula is C56H72O7Si2. The summed E-state index contributed by atoms with van der Waals surface area (Å²) in [4.78, 5) is 13.3. The van der Waals surface area contributed by atoms with Gasteiger partial charge in [-0.2, -0.15) is 0 Å². The number of carbonyl (C=O) groups is 1. The number of aliphatic hydroxyl groups is 2. The minimum atomic E-state index is -3.01. The second-order valence-corrected chi connectivity index (χ2v) is 31.4. The Morgan fingerprint density at radius 3 is 1.69 bits per heavy atom. The van der Waals surface area contributed by atoms with E-state index in [0.717, 1.165) is 37.0 Å². The third-order valence-corrected chi connectivity index (χ3v) is 26.5. The van der Waals surface area contributed by atoms with E-state index >= 15 is 0 Å². The lowest BCUT2D eigenvalue weighted by Crippen LogP contribution is -2.69. The molecule has 3 aliphatic carbocycles. The molecule has 2 aliphatic heterocycles. The number of carbonyl (C=O) groups excluding carboxylic acids is 1. The maximum atomic E-state index is 13.3. The molecule has 9 rings (SSSR count). The van der Waals surface area contributed by atoms with Crippen molar-refractivity contribution in [2.24, 2.45) is 29.1 Å². The number of benzene rings is 4. The van der Waals surface area contributed by atoms with Crippen LogP contribution in [0.2, 0.25) is 10.1 Å². The number of hydrogen-bond acceptors (Lipinski definition) is 7. The molecule has 0 amide bonds. The summed E-state index contributed by atoms with van der Waals surface area (Å²) in [5, 5.41) is 29.6. The fourth-order valence-electron chi connectivity index (χ4n) is 13.6. The van der Waals surface area contributed by atoms with E-state index in [0.29, 0.717) is 37.0 Å². The standard InChI is InChI=1S/C56H72O7Si2/c1-37(57)61-51-45-31-30-38(32-39-34-40(39)36-60-64(53(2,3)4,41-22-14-10-15-23-41)42-24-16-11-17-25-42)33-46(45)48(58)49(59)50-55(8,9)52-47(35-56(50,51)62-52)63-65(54(5,6)7,43-26-18-12-19-27-43)44-28-20-13-21-29-44/h10-29,38-40,47-52,58-59H,30-36H2,1-9H3/t38?,39-,40+,47-,48-,49-,50-,51-,52-,56+/m0/s1. The average molecular weight is 913 g/mol. The number of fused-ring (bicyclic) bond motifs is 1. The summed E-state index contributed by atoms with van der Waals surface area (Å²) in [5.74, 6) is 0.469. The molecule has 10 atom stereocenters. The fourth-order valence-corrected chi connectivity index (χ4v) is 22.9. The first-order valence-corrected chi connectivity index (χ1v) is 28.1. The van der Waals surface area contributed by atoms with E-state index < -0.39 is 58.0 Å². The van der Waals surface area contributed by atoms with Crippen LogP contribution in [-0.2, 0) is 23.1 Å². The smallest absolute Gasteiger partial charge is 0.303 e. The molecule has 65 heavy (non-hydrogen) atoms. The molecule has 2 bridgehead atoms. The van der Waals surface area contributed by atoms with Gasteiger partial charge in [0.2, 0.25) is 0 Å². The summed E-state index contributed by atoms with van der Waals surface area (Å²) in [7, 11) is -5.65. The van der Waals surface area contributed by atoms with Gasteiger partial charge in [-0.25, -0.2) is 0 Å². The van der Waals surface area contributed by atoms with Gasteiger partial charge in [-0.3, -0.25) is 4.79 Å². The molecule has 1 unspecified atom stereocenters. The first-order chi connectivity index (χ1) is 30.8. The Morgan fingerprint density at radius 2 is 1.22 bits per heavy atom. The SMILES string of the molecule is CC(=O)O[C@H]1C2=C(CC(C[C@H]3C[C@@H]3CO[Si](c3ccccc3)(c3ccccc3)C(C)(C)C)CC2)[C@H](O)[C@H](O)[C@H]2C(C)(C)[C@H]3O[C@@]12C[C@@H]3O[Si](c1ccccc1)(c1ccccc1)C(C)(C)C. The largest absolute Gasteiger partial charge is 0.455 e. The molecule has 4 aromatic carbocycles. The summed E-state index contributed by atoms with van der Waals surface area (Å²) in [6.07, 6.45) is 1.24. The van der Waals surface area contributed by atoms with Crippen molar-refractivity contribution in [1.82, 2.24) is 0 Å². The number of hydrogen-bond donors (Lipinski definition) is 2. The predicted octanol–water partition coefficient (Wildman–Crippen LogP) is 8.48. The zero-order chi connectivity index (χ0) is 46.2. The summed E-state index contributed by atoms with van der Waals surface area (Å²) >= 11 is 0. The summed E-state index contributed by atoms with van der Waals surface area (Å²) in [5.41, 5.74) is 0.0975. The van der Waals surface area contributed by atoms with Crippen LogP contribution in [-0.4, -0.2) is 75.5 Å². The van der Waals surface area contributed by atoms with Gasteiger partial charge in [-0.15, -0.1) is 0 Å². The number of aliphatic hydroxyl groups excluding tert-OH is 2. The van der Waals surface area contributed by atoms with Gasteiger partial charge in [0.05, 0.1) is 18.3 Å². The van der Waals surface area contributed by atoms with Gasteiger partial charge in [-0.05, 0) is 91.8 Å². The van der Waals surface area contributed by atoms with Crippen molar-refractivity contribution >= 4 is 43.4 Å². The molecule has 2 heterocycles. The van der Waals surface area contributed by atoms with E-state index in [-0.39, 0.29) is 22.1 Å². The second-order valence-electron chi connectivity index (χ2n) is 22.9. The van der Waals surface area contributed by atoms with Gasteiger partial charge in [-0.1, -0.05) is 177 Å². The van der Waals surface area contributed by atoms with Crippen LogP contribution in [0.25, 0.3) is 0 Å². The molecule has 0 aromatic heterocycles. The lowest BCUT2D eigenvalue weighted by Gasteiger charge is -2.51. The molecule has 5 aliphatic rings. The Hall–Kier alpha value is -3.68. The minimum Gasteiger partial charge on any atom is -0.455 e. The van der Waals surface area contributed by atoms with Crippen molar-refractivity contribution in [3.63, 3.8) is 0 Å². The zero-order valence-electron chi connectivity index (χ0n) is 40.1. The molecule has 7 nitrogen and oxygen atoms in total. The molecular weight excluding hydrogens is 841 g/mol. The van der Waals surface area contributed by atoms with Gasteiger partial charge >= 0.3 is 5.97 Å². The third-order valence-electron chi connectivity index (χ3n) is 16.5. The fraction of sp³-hybridized carbons (Fsp3) is 0.518. The molecule has 2 N–H and O–H groups in total. The number of rotatable bonds is 12.